The van der Waals surface area contributed by atoms with E-state index in [1.807, 2.05) is 45.3 Å². The minimum Gasteiger partial charge on any atom is -0.492 e. The summed E-state index contributed by atoms with van der Waals surface area (Å²) < 4.78 is 6.63. The molecule has 0 aliphatic carbocycles. The number of rotatable bonds is 31. The maximum atomic E-state index is 6.63. The van der Waals surface area contributed by atoms with Gasteiger partial charge >= 0.3 is 0 Å². The summed E-state index contributed by atoms with van der Waals surface area (Å²) in [4.78, 5) is 12.6. The first-order chi connectivity index (χ1) is 26.4. The minimum absolute atomic E-state index is 0.812. The van der Waals surface area contributed by atoms with Gasteiger partial charge in [-0.15, -0.1) is 57.1 Å². The van der Waals surface area contributed by atoms with E-state index in [0.717, 1.165) is 18.8 Å². The summed E-state index contributed by atoms with van der Waals surface area (Å²) in [5.41, 5.74) is 2.77. The molecule has 0 amide bonds. The topological polar surface area (TPSA) is 9.23 Å². The van der Waals surface area contributed by atoms with Crippen LogP contribution in [0.5, 0.6) is 5.75 Å². The molecule has 0 saturated carbocycles. The first kappa shape index (κ1) is 45.6. The number of unbranched alkanes of at least 4 members (excludes halogenated alkanes) is 22. The molecule has 0 atom stereocenters. The molecule has 0 aliphatic rings. The monoisotopic (exact) mass is 826 g/mol. The first-order valence-electron chi connectivity index (χ1n) is 22.1. The molecule has 302 valence electrons. The predicted molar refractivity (Wildman–Crippen MR) is 252 cm³/mol. The zero-order chi connectivity index (χ0) is 38.4. The van der Waals surface area contributed by atoms with Gasteiger partial charge in [0, 0.05) is 35.3 Å². The minimum atomic E-state index is 0.812. The number of thioether (sulfide) groups is 1. The van der Waals surface area contributed by atoms with Gasteiger partial charge in [-0.3, -0.25) is 0 Å². The van der Waals surface area contributed by atoms with Crippen LogP contribution in [0.2, 0.25) is 0 Å². The van der Waals surface area contributed by atoms with Crippen molar-refractivity contribution in [3.05, 3.63) is 45.1 Å². The van der Waals surface area contributed by atoms with Crippen LogP contribution in [0.3, 0.4) is 0 Å². The molecule has 0 radical (unpaired) electrons. The highest BCUT2D eigenvalue weighted by Gasteiger charge is 2.21. The third kappa shape index (κ3) is 16.1. The standard InChI is InChI=1S/C48H74OS5/c1-7-9-11-13-15-17-19-21-23-25-27-29-31-49-41-36-43(54-47(41)45-37(3)33-39(5)51-45)42-34-38(4)46(53-42)48-44(35-40(6)52-48)50-32-30-28-26-24-22-20-18-16-14-12-10-8-2/h33-36H,7-32H2,1-6H3. The van der Waals surface area contributed by atoms with E-state index in [2.05, 4.69) is 77.6 Å². The number of hydrogen-bond donors (Lipinski definition) is 0. The molecule has 0 saturated heterocycles. The molecule has 0 spiro atoms. The van der Waals surface area contributed by atoms with Gasteiger partial charge in [-0.25, -0.2) is 0 Å². The smallest absolute Gasteiger partial charge is 0.139 e. The zero-order valence-electron chi connectivity index (χ0n) is 35.1. The van der Waals surface area contributed by atoms with Crippen molar-refractivity contribution in [2.75, 3.05) is 12.4 Å². The van der Waals surface area contributed by atoms with Gasteiger partial charge in [0.25, 0.3) is 0 Å². The highest BCUT2D eigenvalue weighted by molar-refractivity contribution is 7.99. The van der Waals surface area contributed by atoms with Gasteiger partial charge in [0.15, 0.2) is 0 Å². The van der Waals surface area contributed by atoms with Crippen LogP contribution < -0.4 is 4.74 Å². The number of aryl methyl sites for hydroxylation is 4. The molecular weight excluding hydrogens is 753 g/mol. The Labute approximate surface area is 352 Å². The summed E-state index contributed by atoms with van der Waals surface area (Å²) in [7, 11) is 0. The lowest BCUT2D eigenvalue weighted by molar-refractivity contribution is 0.306. The third-order valence-electron chi connectivity index (χ3n) is 10.6. The van der Waals surface area contributed by atoms with Crippen LogP contribution >= 0.6 is 57.1 Å². The second-order valence-corrected chi connectivity index (χ2v) is 21.6. The Bertz CT molecular complexity index is 1570. The van der Waals surface area contributed by atoms with Crippen molar-refractivity contribution in [3.63, 3.8) is 0 Å². The van der Waals surface area contributed by atoms with Crippen molar-refractivity contribution in [3.8, 4) is 35.0 Å². The normalized spacial score (nSPS) is 11.7. The van der Waals surface area contributed by atoms with Crippen LogP contribution in [-0.4, -0.2) is 12.4 Å². The maximum absolute atomic E-state index is 6.63. The van der Waals surface area contributed by atoms with E-state index in [0.29, 0.717) is 0 Å². The van der Waals surface area contributed by atoms with Gasteiger partial charge in [-0.1, -0.05) is 155 Å². The van der Waals surface area contributed by atoms with Crippen LogP contribution in [-0.2, 0) is 0 Å². The Morgan fingerprint density at radius 1 is 0.426 bits per heavy atom. The molecule has 0 bridgehead atoms. The molecule has 0 unspecified atom stereocenters. The fourth-order valence-corrected chi connectivity index (χ4v) is 13.7. The zero-order valence-corrected chi connectivity index (χ0v) is 39.2. The summed E-state index contributed by atoms with van der Waals surface area (Å²) in [5.74, 6) is 2.31. The molecule has 0 fully saturated rings. The van der Waals surface area contributed by atoms with E-state index in [4.69, 9.17) is 4.74 Å². The average molecular weight is 827 g/mol. The van der Waals surface area contributed by atoms with Crippen molar-refractivity contribution in [2.24, 2.45) is 0 Å². The quantitative estimate of drug-likeness (QED) is 0.0369. The van der Waals surface area contributed by atoms with E-state index >= 15 is 0 Å². The lowest BCUT2D eigenvalue weighted by atomic mass is 10.1. The fraction of sp³-hybridized carbons (Fsp3) is 0.667. The Morgan fingerprint density at radius 3 is 1.39 bits per heavy atom. The van der Waals surface area contributed by atoms with Crippen molar-refractivity contribution < 1.29 is 4.74 Å². The molecule has 4 aromatic rings. The van der Waals surface area contributed by atoms with Gasteiger partial charge in [-0.2, -0.15) is 0 Å². The molecule has 1 nitrogen and oxygen atoms in total. The van der Waals surface area contributed by atoms with E-state index in [1.54, 1.807) is 0 Å². The Balaban J connectivity index is 1.27. The average Bonchev–Trinajstić information content (AvgIpc) is 3.93. The van der Waals surface area contributed by atoms with Crippen LogP contribution in [0.1, 0.15) is 189 Å². The molecule has 0 aromatic carbocycles. The summed E-state index contributed by atoms with van der Waals surface area (Å²) in [5, 5.41) is 0. The maximum Gasteiger partial charge on any atom is 0.139 e. The van der Waals surface area contributed by atoms with Crippen LogP contribution in [0.4, 0.5) is 0 Å². The van der Waals surface area contributed by atoms with Crippen LogP contribution in [0, 0.1) is 27.7 Å². The lowest BCUT2D eigenvalue weighted by Gasteiger charge is -2.07. The van der Waals surface area contributed by atoms with E-state index < -0.39 is 0 Å². The number of ether oxygens (including phenoxy) is 1. The largest absolute Gasteiger partial charge is 0.492 e. The van der Waals surface area contributed by atoms with Gasteiger partial charge in [-0.05, 0) is 75.6 Å². The van der Waals surface area contributed by atoms with E-state index in [-0.39, 0.29) is 0 Å². The van der Waals surface area contributed by atoms with Crippen molar-refractivity contribution in [1.82, 2.24) is 0 Å². The van der Waals surface area contributed by atoms with Gasteiger partial charge < -0.3 is 4.74 Å². The van der Waals surface area contributed by atoms with Crippen LogP contribution in [0.15, 0.2) is 29.2 Å². The molecule has 0 aliphatic heterocycles. The second kappa shape index (κ2) is 26.8. The lowest BCUT2D eigenvalue weighted by Crippen LogP contribution is -1.97. The predicted octanol–water partition coefficient (Wildman–Crippen LogP) is 19.0. The van der Waals surface area contributed by atoms with Crippen molar-refractivity contribution in [2.45, 2.75) is 201 Å². The van der Waals surface area contributed by atoms with Crippen LogP contribution in [0.25, 0.3) is 29.3 Å². The summed E-state index contributed by atoms with van der Waals surface area (Å²) in [6, 6.07) is 9.56. The molecule has 4 rings (SSSR count). The Kier molecular flexibility index (Phi) is 22.6. The highest BCUT2D eigenvalue weighted by Crippen LogP contribution is 2.51. The van der Waals surface area contributed by atoms with E-state index in [9.17, 15) is 0 Å². The fourth-order valence-electron chi connectivity index (χ4n) is 7.46. The SMILES string of the molecule is CCCCCCCCCCCCCCOc1cc(-c2cc(C)c(-c3sc(C)cc3SCCCCCCCCCCCCCC)s2)sc1-c1sc(C)cc1C. The molecule has 4 heterocycles. The summed E-state index contributed by atoms with van der Waals surface area (Å²) in [6.07, 6.45) is 33.3. The second-order valence-electron chi connectivity index (χ2n) is 15.8. The molecule has 0 N–H and O–H groups in total. The summed E-state index contributed by atoms with van der Waals surface area (Å²) in [6.45, 7) is 14.5. The first-order valence-corrected chi connectivity index (χ1v) is 26.3. The van der Waals surface area contributed by atoms with Gasteiger partial charge in [0.1, 0.15) is 5.75 Å². The van der Waals surface area contributed by atoms with E-state index in [1.165, 1.54) is 208 Å². The highest BCUT2D eigenvalue weighted by atomic mass is 32.2. The Hall–Kier alpha value is -1.05. The molecule has 54 heavy (non-hydrogen) atoms. The third-order valence-corrected chi connectivity index (χ3v) is 17.0. The number of thiophene rings is 4. The number of hydrogen-bond acceptors (Lipinski definition) is 6. The summed E-state index contributed by atoms with van der Waals surface area (Å²) >= 11 is 9.90. The Morgan fingerprint density at radius 2 is 0.852 bits per heavy atom. The van der Waals surface area contributed by atoms with Gasteiger partial charge in [0.2, 0.25) is 0 Å². The van der Waals surface area contributed by atoms with Crippen molar-refractivity contribution >= 4 is 57.1 Å². The molecular formula is C48H74OS5. The molecule has 6 heteroatoms. The van der Waals surface area contributed by atoms with Crippen molar-refractivity contribution in [1.29, 1.82) is 0 Å². The molecule has 4 aromatic heterocycles. The van der Waals surface area contributed by atoms with Gasteiger partial charge in [0.05, 0.1) is 21.2 Å².